The van der Waals surface area contributed by atoms with Gasteiger partial charge in [0.25, 0.3) is 11.5 Å². The lowest BCUT2D eigenvalue weighted by Gasteiger charge is -2.19. The van der Waals surface area contributed by atoms with Gasteiger partial charge in [-0.05, 0) is 43.4 Å². The van der Waals surface area contributed by atoms with E-state index in [2.05, 4.69) is 9.97 Å². The Morgan fingerprint density at radius 2 is 1.96 bits per heavy atom. The molecule has 1 amide bonds. The summed E-state index contributed by atoms with van der Waals surface area (Å²) in [6, 6.07) is 10.8. The van der Waals surface area contributed by atoms with Gasteiger partial charge in [0.15, 0.2) is 4.77 Å². The van der Waals surface area contributed by atoms with Crippen molar-refractivity contribution in [2.75, 3.05) is 14.2 Å². The Balaban J connectivity index is 1.91. The van der Waals surface area contributed by atoms with Gasteiger partial charge in [-0.25, -0.2) is 0 Å². The number of benzene rings is 2. The molecule has 26 heavy (non-hydrogen) atoms. The second kappa shape index (κ2) is 7.13. The summed E-state index contributed by atoms with van der Waals surface area (Å²) in [4.78, 5) is 31.8. The third-order valence-corrected chi connectivity index (χ3v) is 4.38. The summed E-state index contributed by atoms with van der Waals surface area (Å²) < 4.78 is 5.60. The molecule has 6 nitrogen and oxygen atoms in total. The van der Waals surface area contributed by atoms with Gasteiger partial charge in [-0.3, -0.25) is 14.6 Å². The summed E-state index contributed by atoms with van der Waals surface area (Å²) in [6.07, 6.45) is 0. The van der Waals surface area contributed by atoms with Crippen LogP contribution in [0.4, 0.5) is 0 Å². The van der Waals surface area contributed by atoms with Crippen LogP contribution in [0.1, 0.15) is 21.5 Å². The Morgan fingerprint density at radius 1 is 1.19 bits per heavy atom. The van der Waals surface area contributed by atoms with E-state index in [1.165, 1.54) is 0 Å². The predicted octanol–water partition coefficient (Wildman–Crippen LogP) is 3.17. The third kappa shape index (κ3) is 3.52. The molecule has 134 valence electrons. The first-order valence-electron chi connectivity index (χ1n) is 8.04. The number of nitrogens with zero attached hydrogens (tertiary/aromatic N) is 1. The van der Waals surface area contributed by atoms with Crippen molar-refractivity contribution in [2.45, 2.75) is 13.5 Å². The van der Waals surface area contributed by atoms with Crippen LogP contribution in [0.25, 0.3) is 10.9 Å². The molecule has 0 unspecified atom stereocenters. The summed E-state index contributed by atoms with van der Waals surface area (Å²) in [6.45, 7) is 2.40. The molecule has 1 heterocycles. The van der Waals surface area contributed by atoms with Gasteiger partial charge >= 0.3 is 0 Å². The number of amides is 1. The summed E-state index contributed by atoms with van der Waals surface area (Å²) in [5.74, 6) is 0.583. The molecule has 0 aliphatic rings. The lowest BCUT2D eigenvalue weighted by molar-refractivity contribution is 0.0784. The van der Waals surface area contributed by atoms with Crippen LogP contribution in [0, 0.1) is 11.7 Å². The fourth-order valence-corrected chi connectivity index (χ4v) is 3.08. The number of aromatic amines is 2. The Bertz CT molecular complexity index is 1100. The summed E-state index contributed by atoms with van der Waals surface area (Å²) in [7, 11) is 3.34. The first-order chi connectivity index (χ1) is 12.4. The number of nitrogens with one attached hydrogen (secondary N) is 2. The van der Waals surface area contributed by atoms with Crippen molar-refractivity contribution in [1.82, 2.24) is 14.9 Å². The number of hydrogen-bond donors (Lipinski definition) is 2. The zero-order valence-corrected chi connectivity index (χ0v) is 15.6. The van der Waals surface area contributed by atoms with E-state index >= 15 is 0 Å². The molecule has 0 bridgehead atoms. The number of carbonyl (C=O) groups is 1. The van der Waals surface area contributed by atoms with Crippen LogP contribution < -0.4 is 10.3 Å². The minimum absolute atomic E-state index is 0.157. The fourth-order valence-electron chi connectivity index (χ4n) is 2.88. The highest BCUT2D eigenvalue weighted by molar-refractivity contribution is 7.71. The van der Waals surface area contributed by atoms with E-state index in [0.29, 0.717) is 23.0 Å². The van der Waals surface area contributed by atoms with Crippen molar-refractivity contribution in [3.63, 3.8) is 0 Å². The maximum absolute atomic E-state index is 12.8. The fraction of sp³-hybridized carbons (Fsp3) is 0.211. The van der Waals surface area contributed by atoms with Crippen LogP contribution in [0.5, 0.6) is 5.75 Å². The van der Waals surface area contributed by atoms with E-state index in [1.807, 2.05) is 25.1 Å². The zero-order chi connectivity index (χ0) is 18.8. The normalized spacial score (nSPS) is 10.7. The lowest BCUT2D eigenvalue weighted by atomic mass is 10.1. The monoisotopic (exact) mass is 369 g/mol. The SMILES string of the molecule is COc1ccc(C)cc1CN(C)C(=O)c1ccc2c(=O)[nH]c(=S)[nH]c2c1. The van der Waals surface area contributed by atoms with Gasteiger partial charge in [0.1, 0.15) is 5.75 Å². The topological polar surface area (TPSA) is 78.2 Å². The molecular formula is C19H19N3O3S. The van der Waals surface area contributed by atoms with Crippen LogP contribution in [0.2, 0.25) is 0 Å². The second-order valence-corrected chi connectivity index (χ2v) is 6.55. The van der Waals surface area contributed by atoms with Crippen molar-refractivity contribution >= 4 is 29.0 Å². The highest BCUT2D eigenvalue weighted by Crippen LogP contribution is 2.22. The van der Waals surface area contributed by atoms with E-state index in [1.54, 1.807) is 37.3 Å². The molecule has 0 radical (unpaired) electrons. The predicted molar refractivity (Wildman–Crippen MR) is 103 cm³/mol. The van der Waals surface area contributed by atoms with Crippen LogP contribution in [0.15, 0.2) is 41.2 Å². The first kappa shape index (κ1) is 17.9. The van der Waals surface area contributed by atoms with Crippen molar-refractivity contribution < 1.29 is 9.53 Å². The largest absolute Gasteiger partial charge is 0.496 e. The van der Waals surface area contributed by atoms with Crippen LogP contribution in [-0.2, 0) is 6.54 Å². The molecule has 0 spiro atoms. The quantitative estimate of drug-likeness (QED) is 0.693. The Labute approximate surface area is 155 Å². The standard InChI is InChI=1S/C19H19N3O3S/c1-11-4-7-16(25-3)13(8-11)10-22(2)18(24)12-5-6-14-15(9-12)20-19(26)21-17(14)23/h4-9H,10H2,1-3H3,(H2,20,21,23,26). The number of H-pyrrole nitrogens is 2. The summed E-state index contributed by atoms with van der Waals surface area (Å²) in [5, 5.41) is 0.457. The van der Waals surface area contributed by atoms with Crippen LogP contribution in [0.3, 0.4) is 0 Å². The molecule has 0 aliphatic carbocycles. The Hall–Kier alpha value is -2.93. The molecule has 3 aromatic rings. The first-order valence-corrected chi connectivity index (χ1v) is 8.45. The van der Waals surface area contributed by atoms with E-state index in [-0.39, 0.29) is 16.2 Å². The number of hydrogen-bond acceptors (Lipinski definition) is 4. The minimum Gasteiger partial charge on any atom is -0.496 e. The number of aryl methyl sites for hydroxylation is 1. The number of methoxy groups -OCH3 is 1. The maximum atomic E-state index is 12.8. The molecule has 0 fully saturated rings. The smallest absolute Gasteiger partial charge is 0.259 e. The molecule has 0 aliphatic heterocycles. The number of carbonyl (C=O) groups excluding carboxylic acids is 1. The maximum Gasteiger partial charge on any atom is 0.259 e. The Morgan fingerprint density at radius 3 is 2.69 bits per heavy atom. The highest BCUT2D eigenvalue weighted by Gasteiger charge is 2.15. The van der Waals surface area contributed by atoms with Crippen LogP contribution in [-0.4, -0.2) is 34.9 Å². The third-order valence-electron chi connectivity index (χ3n) is 4.18. The van der Waals surface area contributed by atoms with Crippen molar-refractivity contribution in [1.29, 1.82) is 0 Å². The number of rotatable bonds is 4. The van der Waals surface area contributed by atoms with Crippen molar-refractivity contribution in [2.24, 2.45) is 0 Å². The molecule has 3 rings (SSSR count). The average molecular weight is 369 g/mol. The van der Waals surface area contributed by atoms with E-state index in [4.69, 9.17) is 17.0 Å². The van der Waals surface area contributed by atoms with Gasteiger partial charge < -0.3 is 14.6 Å². The average Bonchev–Trinajstić information content (AvgIpc) is 2.60. The van der Waals surface area contributed by atoms with Crippen molar-refractivity contribution in [3.8, 4) is 5.75 Å². The second-order valence-electron chi connectivity index (χ2n) is 6.15. The molecule has 0 atom stereocenters. The highest BCUT2D eigenvalue weighted by atomic mass is 32.1. The van der Waals surface area contributed by atoms with Gasteiger partial charge in [-0.1, -0.05) is 17.7 Å². The van der Waals surface area contributed by atoms with Gasteiger partial charge in [-0.15, -0.1) is 0 Å². The lowest BCUT2D eigenvalue weighted by Crippen LogP contribution is -2.26. The summed E-state index contributed by atoms with van der Waals surface area (Å²) >= 11 is 4.99. The molecule has 2 aromatic carbocycles. The van der Waals surface area contributed by atoms with Crippen LogP contribution >= 0.6 is 12.2 Å². The zero-order valence-electron chi connectivity index (χ0n) is 14.8. The van der Waals surface area contributed by atoms with Gasteiger partial charge in [0.05, 0.1) is 18.0 Å². The van der Waals surface area contributed by atoms with Gasteiger partial charge in [-0.2, -0.15) is 0 Å². The van der Waals surface area contributed by atoms with Gasteiger partial charge in [0.2, 0.25) is 0 Å². The number of aromatic nitrogens is 2. The van der Waals surface area contributed by atoms with Crippen molar-refractivity contribution in [3.05, 3.63) is 68.2 Å². The molecule has 1 aromatic heterocycles. The molecule has 0 saturated heterocycles. The molecule has 0 saturated carbocycles. The minimum atomic E-state index is -0.277. The molecular weight excluding hydrogens is 350 g/mol. The van der Waals surface area contributed by atoms with E-state index < -0.39 is 0 Å². The molecule has 2 N–H and O–H groups in total. The number of fused-ring (bicyclic) bond motifs is 1. The Kier molecular flexibility index (Phi) is 4.90. The molecule has 7 heteroatoms. The summed E-state index contributed by atoms with van der Waals surface area (Å²) in [5.41, 5.74) is 2.76. The van der Waals surface area contributed by atoms with E-state index in [9.17, 15) is 9.59 Å². The van der Waals surface area contributed by atoms with E-state index in [0.717, 1.165) is 16.9 Å². The number of ether oxygens (including phenoxy) is 1. The van der Waals surface area contributed by atoms with Gasteiger partial charge in [0, 0.05) is 24.7 Å².